The standard InChI is InChI=1S/C28H27N3O2S2/c1-20-25(24-9-5-6-10-26(24)31(20)18-21-7-3-2-4-8-21)17-29-30-27(32)19-33-23-13-11-22(12-14-23)28-34-15-16-35-28/h2-14,17,28H,15-16,18-19H2,1H3,(H,30,32)/b29-17-. The second-order valence-electron chi connectivity index (χ2n) is 8.31. The SMILES string of the molecule is Cc1c(/C=N\NC(=O)COc2ccc(C3SCCS3)cc2)c2ccccc2n1Cc1ccccc1. The Hall–Kier alpha value is -3.16. The maximum absolute atomic E-state index is 12.3. The molecule has 1 aliphatic heterocycles. The molecule has 1 saturated heterocycles. The average molecular weight is 502 g/mol. The van der Waals surface area contributed by atoms with E-state index in [1.54, 1.807) is 6.21 Å². The van der Waals surface area contributed by atoms with Crippen molar-refractivity contribution in [3.05, 3.63) is 101 Å². The maximum Gasteiger partial charge on any atom is 0.277 e. The van der Waals surface area contributed by atoms with Gasteiger partial charge in [0.1, 0.15) is 5.75 Å². The molecule has 1 fully saturated rings. The molecule has 1 N–H and O–H groups in total. The van der Waals surface area contributed by atoms with Gasteiger partial charge >= 0.3 is 0 Å². The number of nitrogens with one attached hydrogen (secondary N) is 1. The van der Waals surface area contributed by atoms with Gasteiger partial charge in [0.05, 0.1) is 10.8 Å². The first-order valence-electron chi connectivity index (χ1n) is 11.6. The van der Waals surface area contributed by atoms with Gasteiger partial charge < -0.3 is 9.30 Å². The highest BCUT2D eigenvalue weighted by Crippen LogP contribution is 2.45. The summed E-state index contributed by atoms with van der Waals surface area (Å²) < 4.78 is 8.43. The number of benzene rings is 3. The highest BCUT2D eigenvalue weighted by atomic mass is 32.2. The number of amides is 1. The van der Waals surface area contributed by atoms with Gasteiger partial charge in [0, 0.05) is 40.2 Å². The first kappa shape index (κ1) is 23.6. The summed E-state index contributed by atoms with van der Waals surface area (Å²) in [5.74, 6) is 2.78. The monoisotopic (exact) mass is 501 g/mol. The lowest BCUT2D eigenvalue weighted by Gasteiger charge is -2.10. The number of aromatic nitrogens is 1. The number of nitrogens with zero attached hydrogens (tertiary/aromatic N) is 2. The van der Waals surface area contributed by atoms with Gasteiger partial charge in [-0.25, -0.2) is 5.43 Å². The molecule has 0 atom stereocenters. The van der Waals surface area contributed by atoms with Crippen molar-refractivity contribution in [3.8, 4) is 5.75 Å². The van der Waals surface area contributed by atoms with E-state index < -0.39 is 0 Å². The summed E-state index contributed by atoms with van der Waals surface area (Å²) in [7, 11) is 0. The molecule has 0 unspecified atom stereocenters. The van der Waals surface area contributed by atoms with Crippen LogP contribution in [0.15, 0.2) is 84.0 Å². The average Bonchev–Trinajstić information content (AvgIpc) is 3.52. The van der Waals surface area contributed by atoms with Gasteiger partial charge in [-0.2, -0.15) is 5.10 Å². The summed E-state index contributed by atoms with van der Waals surface area (Å²) in [6.45, 7) is 2.78. The first-order chi connectivity index (χ1) is 17.2. The van der Waals surface area contributed by atoms with Crippen molar-refractivity contribution >= 4 is 46.5 Å². The summed E-state index contributed by atoms with van der Waals surface area (Å²) >= 11 is 3.94. The van der Waals surface area contributed by atoms with Crippen LogP contribution < -0.4 is 10.2 Å². The Morgan fingerprint density at radius 1 is 1.03 bits per heavy atom. The summed E-state index contributed by atoms with van der Waals surface area (Å²) in [5, 5.41) is 5.33. The molecule has 1 amide bonds. The zero-order chi connectivity index (χ0) is 24.0. The molecular weight excluding hydrogens is 474 g/mol. The van der Waals surface area contributed by atoms with Crippen molar-refractivity contribution < 1.29 is 9.53 Å². The van der Waals surface area contributed by atoms with Crippen molar-refractivity contribution in [1.29, 1.82) is 0 Å². The Morgan fingerprint density at radius 3 is 2.51 bits per heavy atom. The molecule has 0 bridgehead atoms. The molecule has 0 aliphatic carbocycles. The minimum atomic E-state index is -0.294. The minimum absolute atomic E-state index is 0.0850. The van der Waals surface area contributed by atoms with Crippen molar-refractivity contribution in [2.75, 3.05) is 18.1 Å². The van der Waals surface area contributed by atoms with Crippen molar-refractivity contribution in [2.24, 2.45) is 5.10 Å². The summed E-state index contributed by atoms with van der Waals surface area (Å²) in [6, 6.07) is 26.7. The minimum Gasteiger partial charge on any atom is -0.484 e. The molecule has 35 heavy (non-hydrogen) atoms. The number of para-hydroxylation sites is 1. The molecule has 178 valence electrons. The quantitative estimate of drug-likeness (QED) is 0.237. The smallest absolute Gasteiger partial charge is 0.277 e. The zero-order valence-electron chi connectivity index (χ0n) is 19.5. The third kappa shape index (κ3) is 5.57. The second-order valence-corrected chi connectivity index (χ2v) is 11.0. The molecule has 1 aliphatic rings. The van der Waals surface area contributed by atoms with Gasteiger partial charge in [0.25, 0.3) is 5.91 Å². The van der Waals surface area contributed by atoms with E-state index >= 15 is 0 Å². The molecule has 5 rings (SSSR count). The zero-order valence-corrected chi connectivity index (χ0v) is 21.1. The van der Waals surface area contributed by atoms with Crippen LogP contribution >= 0.6 is 23.5 Å². The number of hydrazone groups is 1. The molecule has 4 aromatic rings. The third-order valence-electron chi connectivity index (χ3n) is 5.99. The van der Waals surface area contributed by atoms with Crippen molar-refractivity contribution in [3.63, 3.8) is 0 Å². The normalized spacial score (nSPS) is 14.1. The number of rotatable bonds is 8. The number of fused-ring (bicyclic) bond motifs is 1. The molecular formula is C28H27N3O2S2. The van der Waals surface area contributed by atoms with E-state index in [1.165, 1.54) is 22.6 Å². The van der Waals surface area contributed by atoms with E-state index in [0.717, 1.165) is 28.7 Å². The lowest BCUT2D eigenvalue weighted by atomic mass is 10.1. The van der Waals surface area contributed by atoms with E-state index in [2.05, 4.69) is 70.5 Å². The van der Waals surface area contributed by atoms with Gasteiger partial charge in [0.15, 0.2) is 6.61 Å². The van der Waals surface area contributed by atoms with Gasteiger partial charge in [-0.15, -0.1) is 23.5 Å². The molecule has 1 aromatic heterocycles. The van der Waals surface area contributed by atoms with Crippen LogP contribution in [0, 0.1) is 6.92 Å². The highest BCUT2D eigenvalue weighted by molar-refractivity contribution is 8.19. The fourth-order valence-electron chi connectivity index (χ4n) is 4.21. The second kappa shape index (κ2) is 11.1. The first-order valence-corrected chi connectivity index (χ1v) is 13.7. The van der Waals surface area contributed by atoms with Gasteiger partial charge in [-0.1, -0.05) is 60.7 Å². The maximum atomic E-state index is 12.3. The summed E-state index contributed by atoms with van der Waals surface area (Å²) in [4.78, 5) is 12.3. The van der Waals surface area contributed by atoms with Crippen molar-refractivity contribution in [1.82, 2.24) is 9.99 Å². The van der Waals surface area contributed by atoms with Gasteiger partial charge in [-0.3, -0.25) is 4.79 Å². The van der Waals surface area contributed by atoms with Crippen LogP contribution in [0.3, 0.4) is 0 Å². The number of hydrogen-bond donors (Lipinski definition) is 1. The number of carbonyl (C=O) groups is 1. The van der Waals surface area contributed by atoms with Crippen LogP contribution in [-0.2, 0) is 11.3 Å². The van der Waals surface area contributed by atoms with Gasteiger partial charge in [0.2, 0.25) is 0 Å². The van der Waals surface area contributed by atoms with Crippen LogP contribution in [-0.4, -0.2) is 34.8 Å². The molecule has 2 heterocycles. The number of thioether (sulfide) groups is 2. The number of hydrogen-bond acceptors (Lipinski definition) is 5. The Morgan fingerprint density at radius 2 is 1.74 bits per heavy atom. The Kier molecular flexibility index (Phi) is 7.45. The Balaban J connectivity index is 1.22. The van der Waals surface area contributed by atoms with E-state index in [9.17, 15) is 4.79 Å². The fraction of sp³-hybridized carbons (Fsp3) is 0.214. The molecule has 0 spiro atoms. The van der Waals surface area contributed by atoms with E-state index in [1.807, 2.05) is 53.9 Å². The van der Waals surface area contributed by atoms with Crippen LogP contribution in [0.5, 0.6) is 5.75 Å². The lowest BCUT2D eigenvalue weighted by molar-refractivity contribution is -0.123. The molecule has 5 nitrogen and oxygen atoms in total. The molecule has 0 saturated carbocycles. The number of carbonyl (C=O) groups excluding carboxylic acids is 1. The van der Waals surface area contributed by atoms with Crippen LogP contribution in [0.1, 0.15) is 27.0 Å². The van der Waals surface area contributed by atoms with Gasteiger partial charge in [-0.05, 0) is 36.2 Å². The molecule has 3 aromatic carbocycles. The fourth-order valence-corrected chi connectivity index (χ4v) is 7.07. The van der Waals surface area contributed by atoms with Crippen LogP contribution in [0.25, 0.3) is 10.9 Å². The van der Waals surface area contributed by atoms with E-state index in [0.29, 0.717) is 10.3 Å². The van der Waals surface area contributed by atoms with Crippen LogP contribution in [0.2, 0.25) is 0 Å². The van der Waals surface area contributed by atoms with Crippen LogP contribution in [0.4, 0.5) is 0 Å². The topological polar surface area (TPSA) is 55.6 Å². The predicted molar refractivity (Wildman–Crippen MR) is 148 cm³/mol. The van der Waals surface area contributed by atoms with Crippen molar-refractivity contribution in [2.45, 2.75) is 18.1 Å². The Labute approximate surface area is 213 Å². The molecule has 0 radical (unpaired) electrons. The lowest BCUT2D eigenvalue weighted by Crippen LogP contribution is -2.24. The van der Waals surface area contributed by atoms with E-state index in [4.69, 9.17) is 4.74 Å². The van der Waals surface area contributed by atoms with E-state index in [-0.39, 0.29) is 12.5 Å². The predicted octanol–water partition coefficient (Wildman–Crippen LogP) is 6.01. The molecule has 7 heteroatoms. The third-order valence-corrected chi connectivity index (χ3v) is 9.09. The highest BCUT2D eigenvalue weighted by Gasteiger charge is 2.18. The Bertz CT molecular complexity index is 1330. The largest absolute Gasteiger partial charge is 0.484 e. The summed E-state index contributed by atoms with van der Waals surface area (Å²) in [5.41, 5.74) is 8.36. The summed E-state index contributed by atoms with van der Waals surface area (Å²) in [6.07, 6.45) is 1.72. The number of ether oxygens (including phenoxy) is 1.